The molecule has 2 N–H and O–H groups in total. The molecule has 1 aliphatic rings. The minimum absolute atomic E-state index is 0.309. The molecule has 0 atom stereocenters. The molecule has 0 saturated carbocycles. The van der Waals surface area contributed by atoms with Gasteiger partial charge in [0.2, 0.25) is 0 Å². The molecule has 1 fully saturated rings. The van der Waals surface area contributed by atoms with Crippen LogP contribution < -0.4 is 5.32 Å². The highest BCUT2D eigenvalue weighted by Crippen LogP contribution is 2.21. The summed E-state index contributed by atoms with van der Waals surface area (Å²) in [6.07, 6.45) is 4.64. The van der Waals surface area contributed by atoms with Crippen LogP contribution in [0.15, 0.2) is 60.8 Å². The first kappa shape index (κ1) is 20.5. The van der Waals surface area contributed by atoms with Gasteiger partial charge in [-0.25, -0.2) is 9.97 Å². The largest absolute Gasteiger partial charge is 0.508 e. The van der Waals surface area contributed by atoms with Gasteiger partial charge in [0, 0.05) is 43.9 Å². The number of hydrogen-bond acceptors (Lipinski definition) is 5. The first-order chi connectivity index (χ1) is 14.7. The fourth-order valence-electron chi connectivity index (χ4n) is 3.89. The number of nitrogens with zero attached hydrogens (tertiary/aromatic N) is 3. The Morgan fingerprint density at radius 2 is 1.87 bits per heavy atom. The molecule has 156 valence electrons. The van der Waals surface area contributed by atoms with Crippen LogP contribution in [0.2, 0.25) is 0 Å². The van der Waals surface area contributed by atoms with Crippen molar-refractivity contribution in [3.63, 3.8) is 0 Å². The Bertz CT molecular complexity index is 953. The fourth-order valence-corrected chi connectivity index (χ4v) is 3.89. The van der Waals surface area contributed by atoms with E-state index in [0.29, 0.717) is 11.8 Å². The second-order valence-electron chi connectivity index (χ2n) is 7.95. The summed E-state index contributed by atoms with van der Waals surface area (Å²) in [5.74, 6) is 1.19. The van der Waals surface area contributed by atoms with Gasteiger partial charge in [-0.3, -0.25) is 4.90 Å². The SMILES string of the molecule is CCN(Cc1cccc(-c2ccnc(CCCc3ccc(O)cc3)n2)c1)C1CNC1. The van der Waals surface area contributed by atoms with Crippen molar-refractivity contribution in [3.05, 3.63) is 77.7 Å². The molecule has 30 heavy (non-hydrogen) atoms. The number of aryl methyl sites for hydroxylation is 2. The lowest BCUT2D eigenvalue weighted by Gasteiger charge is -2.37. The highest BCUT2D eigenvalue weighted by atomic mass is 16.3. The van der Waals surface area contributed by atoms with Crippen molar-refractivity contribution in [1.29, 1.82) is 0 Å². The molecule has 5 heteroatoms. The summed E-state index contributed by atoms with van der Waals surface area (Å²) in [5.41, 5.74) is 4.69. The number of aromatic hydroxyl groups is 1. The molecule has 0 bridgehead atoms. The quantitative estimate of drug-likeness (QED) is 0.570. The molecule has 0 unspecified atom stereocenters. The topological polar surface area (TPSA) is 61.3 Å². The molecule has 0 aliphatic carbocycles. The van der Waals surface area contributed by atoms with Crippen LogP contribution in [0.4, 0.5) is 0 Å². The smallest absolute Gasteiger partial charge is 0.128 e. The number of rotatable bonds is 9. The number of aromatic nitrogens is 2. The Labute approximate surface area is 178 Å². The van der Waals surface area contributed by atoms with Gasteiger partial charge in [0.1, 0.15) is 11.6 Å². The Balaban J connectivity index is 1.39. The number of benzene rings is 2. The van der Waals surface area contributed by atoms with E-state index in [0.717, 1.165) is 62.5 Å². The normalized spacial score (nSPS) is 14.1. The van der Waals surface area contributed by atoms with E-state index in [2.05, 4.69) is 46.4 Å². The van der Waals surface area contributed by atoms with E-state index >= 15 is 0 Å². The van der Waals surface area contributed by atoms with Crippen molar-refractivity contribution in [1.82, 2.24) is 20.2 Å². The van der Waals surface area contributed by atoms with E-state index in [4.69, 9.17) is 4.98 Å². The van der Waals surface area contributed by atoms with Crippen LogP contribution in [0, 0.1) is 0 Å². The molecule has 0 radical (unpaired) electrons. The Hall–Kier alpha value is -2.76. The zero-order valence-corrected chi connectivity index (χ0v) is 17.6. The van der Waals surface area contributed by atoms with Crippen molar-refractivity contribution >= 4 is 0 Å². The van der Waals surface area contributed by atoms with Gasteiger partial charge in [0.15, 0.2) is 0 Å². The standard InChI is InChI=1S/C25H30N4O/c1-2-29(22-16-26-17-22)18-20-6-3-7-21(15-20)24-13-14-27-25(28-24)8-4-5-19-9-11-23(30)12-10-19/h3,6-7,9-15,22,26,30H,2,4-5,8,16-18H2,1H3. The Morgan fingerprint density at radius 3 is 2.60 bits per heavy atom. The summed E-state index contributed by atoms with van der Waals surface area (Å²) in [7, 11) is 0. The predicted octanol–water partition coefficient (Wildman–Crippen LogP) is 3.82. The lowest BCUT2D eigenvalue weighted by molar-refractivity contribution is 0.145. The van der Waals surface area contributed by atoms with Crippen LogP contribution in [-0.2, 0) is 19.4 Å². The lowest BCUT2D eigenvalue weighted by Crippen LogP contribution is -2.56. The molecular weight excluding hydrogens is 372 g/mol. The maximum Gasteiger partial charge on any atom is 0.128 e. The maximum absolute atomic E-state index is 9.40. The Kier molecular flexibility index (Phi) is 6.72. The van der Waals surface area contributed by atoms with E-state index in [1.54, 1.807) is 12.1 Å². The molecule has 1 saturated heterocycles. The predicted molar refractivity (Wildman–Crippen MR) is 120 cm³/mol. The van der Waals surface area contributed by atoms with Gasteiger partial charge in [-0.05, 0) is 54.8 Å². The van der Waals surface area contributed by atoms with Crippen molar-refractivity contribution in [2.75, 3.05) is 19.6 Å². The maximum atomic E-state index is 9.40. The van der Waals surface area contributed by atoms with Crippen LogP contribution in [0.5, 0.6) is 5.75 Å². The molecule has 2 heterocycles. The van der Waals surface area contributed by atoms with Gasteiger partial charge < -0.3 is 10.4 Å². The number of hydrogen-bond donors (Lipinski definition) is 2. The third kappa shape index (κ3) is 5.23. The average Bonchev–Trinajstić information content (AvgIpc) is 2.74. The highest BCUT2D eigenvalue weighted by molar-refractivity contribution is 5.59. The summed E-state index contributed by atoms with van der Waals surface area (Å²) >= 11 is 0. The van der Waals surface area contributed by atoms with Gasteiger partial charge >= 0.3 is 0 Å². The van der Waals surface area contributed by atoms with Gasteiger partial charge in [-0.1, -0.05) is 37.3 Å². The van der Waals surface area contributed by atoms with Crippen molar-refractivity contribution in [2.45, 2.75) is 38.8 Å². The molecule has 1 aromatic heterocycles. The molecule has 2 aromatic carbocycles. The first-order valence-electron chi connectivity index (χ1n) is 10.8. The zero-order valence-electron chi connectivity index (χ0n) is 17.6. The van der Waals surface area contributed by atoms with Gasteiger partial charge in [0.25, 0.3) is 0 Å². The summed E-state index contributed by atoms with van der Waals surface area (Å²) in [4.78, 5) is 11.8. The van der Waals surface area contributed by atoms with Crippen LogP contribution in [0.3, 0.4) is 0 Å². The van der Waals surface area contributed by atoms with E-state index < -0.39 is 0 Å². The fraction of sp³-hybridized carbons (Fsp3) is 0.360. The molecule has 0 amide bonds. The molecule has 1 aliphatic heterocycles. The second-order valence-corrected chi connectivity index (χ2v) is 7.95. The van der Waals surface area contributed by atoms with Crippen LogP contribution in [-0.4, -0.2) is 45.7 Å². The number of nitrogens with one attached hydrogen (secondary N) is 1. The highest BCUT2D eigenvalue weighted by Gasteiger charge is 2.23. The van der Waals surface area contributed by atoms with Crippen molar-refractivity contribution in [2.24, 2.45) is 0 Å². The summed E-state index contributed by atoms with van der Waals surface area (Å²) in [5, 5.41) is 12.8. The molecule has 4 rings (SSSR count). The van der Waals surface area contributed by atoms with Crippen molar-refractivity contribution in [3.8, 4) is 17.0 Å². The van der Waals surface area contributed by atoms with Crippen molar-refractivity contribution < 1.29 is 5.11 Å². The summed E-state index contributed by atoms with van der Waals surface area (Å²) in [6, 6.07) is 18.8. The van der Waals surface area contributed by atoms with Gasteiger partial charge in [0.05, 0.1) is 5.69 Å². The molecule has 0 spiro atoms. The summed E-state index contributed by atoms with van der Waals surface area (Å²) in [6.45, 7) is 6.45. The third-order valence-corrected chi connectivity index (χ3v) is 5.80. The van der Waals surface area contributed by atoms with Crippen LogP contribution in [0.1, 0.15) is 30.3 Å². The van der Waals surface area contributed by atoms with Crippen LogP contribution >= 0.6 is 0 Å². The second kappa shape index (κ2) is 9.83. The third-order valence-electron chi connectivity index (χ3n) is 5.80. The molecular formula is C25H30N4O. The van der Waals surface area contributed by atoms with E-state index in [1.807, 2.05) is 24.4 Å². The first-order valence-corrected chi connectivity index (χ1v) is 10.8. The minimum Gasteiger partial charge on any atom is -0.508 e. The number of likely N-dealkylation sites (N-methyl/N-ethyl adjacent to an activating group) is 1. The molecule has 5 nitrogen and oxygen atoms in total. The van der Waals surface area contributed by atoms with E-state index in [9.17, 15) is 5.11 Å². The minimum atomic E-state index is 0.309. The number of phenolic OH excluding ortho intramolecular Hbond substituents is 1. The van der Waals surface area contributed by atoms with Crippen LogP contribution in [0.25, 0.3) is 11.3 Å². The monoisotopic (exact) mass is 402 g/mol. The van der Waals surface area contributed by atoms with Gasteiger partial charge in [-0.15, -0.1) is 0 Å². The van der Waals surface area contributed by atoms with E-state index in [1.165, 1.54) is 11.1 Å². The summed E-state index contributed by atoms with van der Waals surface area (Å²) < 4.78 is 0. The Morgan fingerprint density at radius 1 is 1.03 bits per heavy atom. The van der Waals surface area contributed by atoms with E-state index in [-0.39, 0.29) is 0 Å². The lowest BCUT2D eigenvalue weighted by atomic mass is 10.0. The average molecular weight is 403 g/mol. The van der Waals surface area contributed by atoms with Gasteiger partial charge in [-0.2, -0.15) is 0 Å². The molecule has 3 aromatic rings. The zero-order chi connectivity index (χ0) is 20.8. The number of phenols is 1.